The van der Waals surface area contributed by atoms with E-state index in [0.717, 1.165) is 146 Å². The van der Waals surface area contributed by atoms with Crippen molar-refractivity contribution in [2.24, 2.45) is 23.7 Å². The highest BCUT2D eigenvalue weighted by Crippen LogP contribution is 2.54. The average molecular weight is 1790 g/mol. The van der Waals surface area contributed by atoms with Crippen LogP contribution in [-0.2, 0) is 19.2 Å². The first kappa shape index (κ1) is 87.1. The van der Waals surface area contributed by atoms with E-state index in [0.29, 0.717) is 73.0 Å². The second-order valence-corrected chi connectivity index (χ2v) is 38.5. The van der Waals surface area contributed by atoms with Crippen molar-refractivity contribution in [2.45, 2.75) is 105 Å². The van der Waals surface area contributed by atoms with Crippen LogP contribution in [-0.4, -0.2) is 93.0 Å². The molecule has 0 saturated heterocycles. The van der Waals surface area contributed by atoms with E-state index in [9.17, 15) is 84.3 Å². The second-order valence-electron chi connectivity index (χ2n) is 34.3. The van der Waals surface area contributed by atoms with E-state index in [1.807, 2.05) is 231 Å². The molecule has 21 heteroatoms. The van der Waals surface area contributed by atoms with Gasteiger partial charge in [0.05, 0.1) is 43.2 Å². The third-order valence-corrected chi connectivity index (χ3v) is 29.7. The summed E-state index contributed by atoms with van der Waals surface area (Å²) in [6, 6.07) is 72.7. The lowest BCUT2D eigenvalue weighted by Crippen LogP contribution is -2.06. The number of fused-ring (bicyclic) bond motifs is 4. The highest BCUT2D eigenvalue weighted by Gasteiger charge is 2.47. The number of rotatable bonds is 20. The molecule has 17 nitrogen and oxygen atoms in total. The molecule has 0 spiro atoms. The Kier molecular flexibility index (Phi) is 23.6. The molecule has 16 aromatic rings. The molecule has 646 valence electrons. The molecule has 4 aromatic heterocycles. The highest BCUT2D eigenvalue weighted by molar-refractivity contribution is 7.23. The van der Waals surface area contributed by atoms with Crippen LogP contribution in [0.1, 0.15) is 177 Å². The number of carbonyl (C=O) groups is 8. The lowest BCUT2D eigenvalue weighted by molar-refractivity contribution is -0.139. The van der Waals surface area contributed by atoms with Crippen LogP contribution in [0.2, 0.25) is 0 Å². The highest BCUT2D eigenvalue weighted by atomic mass is 32.1. The Morgan fingerprint density at radius 2 is 0.519 bits per heavy atom. The fourth-order valence-corrected chi connectivity index (χ4v) is 23.1. The van der Waals surface area contributed by atoms with Crippen molar-refractivity contribution in [1.82, 2.24) is 0 Å². The summed E-state index contributed by atoms with van der Waals surface area (Å²) in [5.74, 6) is -3.44. The molecule has 8 atom stereocenters. The van der Waals surface area contributed by atoms with E-state index < -0.39 is 23.9 Å². The van der Waals surface area contributed by atoms with Crippen molar-refractivity contribution in [3.8, 4) is 73.3 Å². The molecular weight excluding hydrogens is 1700 g/mol. The Morgan fingerprint density at radius 1 is 0.256 bits per heavy atom. The Hall–Kier alpha value is -14.0. The van der Waals surface area contributed by atoms with Gasteiger partial charge < -0.3 is 46.0 Å². The van der Waals surface area contributed by atoms with Crippen LogP contribution in [0.15, 0.2) is 237 Å². The van der Waals surface area contributed by atoms with Crippen molar-refractivity contribution in [3.05, 3.63) is 345 Å². The zero-order valence-corrected chi connectivity index (χ0v) is 74.7. The molecule has 4 aliphatic rings. The molecule has 4 saturated carbocycles. The zero-order valence-electron chi connectivity index (χ0n) is 71.4. The topological polar surface area (TPSA) is 319 Å². The van der Waals surface area contributed by atoms with Gasteiger partial charge in [-0.3, -0.25) is 38.4 Å². The van der Waals surface area contributed by atoms with Crippen LogP contribution in [0.25, 0.3) is 84.9 Å². The lowest BCUT2D eigenvalue weighted by Gasteiger charge is -2.11. The Labute approximate surface area is 758 Å². The number of benzene rings is 12. The number of aliphatic carboxylic acids is 4. The van der Waals surface area contributed by atoms with Gasteiger partial charge >= 0.3 is 23.9 Å². The molecule has 0 radical (unpaired) electrons. The Morgan fingerprint density at radius 3 is 0.791 bits per heavy atom. The molecule has 12 aromatic carbocycles. The number of hydrogen-bond acceptors (Lipinski definition) is 17. The first-order chi connectivity index (χ1) is 61.7. The number of carbonyl (C=O) groups excluding carboxylic acids is 4. The number of carboxylic acids is 4. The van der Waals surface area contributed by atoms with Gasteiger partial charge in [0, 0.05) is 84.9 Å². The van der Waals surface area contributed by atoms with E-state index in [2.05, 4.69) is 0 Å². The maximum absolute atomic E-state index is 13.8. The quantitative estimate of drug-likeness (QED) is 0.0320. The van der Waals surface area contributed by atoms with Gasteiger partial charge in [-0.2, -0.15) is 0 Å². The molecule has 0 bridgehead atoms. The summed E-state index contributed by atoms with van der Waals surface area (Å²) in [6.45, 7) is 15.5. The Balaban J connectivity index is 0.000000121. The van der Waals surface area contributed by atoms with Crippen LogP contribution < -0.4 is 0 Å². The maximum Gasteiger partial charge on any atom is 0.307 e. The van der Waals surface area contributed by atoms with E-state index in [1.165, 1.54) is 45.3 Å². The van der Waals surface area contributed by atoms with Gasteiger partial charge in [0.2, 0.25) is 23.1 Å². The summed E-state index contributed by atoms with van der Waals surface area (Å²) in [5.41, 5.74) is 21.0. The third kappa shape index (κ3) is 17.5. The van der Waals surface area contributed by atoms with Crippen LogP contribution in [0.5, 0.6) is 28.7 Å². The SMILES string of the molecule is Cc1cc(C)c(C(=O)c2sc3cc(O)ccc3c2-c2ccc(C3CC3C(=O)O)cc2)c(C)c1.Cc1cc(O)cc(C)c1C(=O)c1sc2cc(O)ccc2c1-c1ccc(C2CC2C(=O)O)cc1.Cc1ccc(C(=O)c2sc3cc(O)ccc3c2-c2ccc(C3CC3C(=O)O)cc2)c(C)c1.Cc1ccccc1C(=O)c1sc2cc(O)ccc2c1-c1ccc(C2CC2C(=O)O)cc1. The van der Waals surface area contributed by atoms with Gasteiger partial charge in [0.15, 0.2) is 0 Å². The molecule has 8 unspecified atom stereocenters. The summed E-state index contributed by atoms with van der Waals surface area (Å²) in [5, 5.41) is 90.4. The molecule has 9 N–H and O–H groups in total. The summed E-state index contributed by atoms with van der Waals surface area (Å²) in [6.07, 6.45) is 2.67. The predicted molar refractivity (Wildman–Crippen MR) is 509 cm³/mol. The summed E-state index contributed by atoms with van der Waals surface area (Å²) >= 11 is 5.51. The third-order valence-electron chi connectivity index (χ3n) is 25.1. The first-order valence-corrected chi connectivity index (χ1v) is 45.6. The van der Waals surface area contributed by atoms with Gasteiger partial charge in [0.25, 0.3) is 0 Å². The molecule has 0 aliphatic heterocycles. The second kappa shape index (κ2) is 35.0. The number of thiophene rings is 4. The van der Waals surface area contributed by atoms with E-state index in [1.54, 1.807) is 60.7 Å². The fourth-order valence-electron chi connectivity index (χ4n) is 18.3. The van der Waals surface area contributed by atoms with E-state index in [4.69, 9.17) is 0 Å². The van der Waals surface area contributed by atoms with Gasteiger partial charge in [0.1, 0.15) is 28.7 Å². The largest absolute Gasteiger partial charge is 0.508 e. The minimum atomic E-state index is -0.764. The van der Waals surface area contributed by atoms with Crippen molar-refractivity contribution in [1.29, 1.82) is 0 Å². The van der Waals surface area contributed by atoms with Crippen LogP contribution in [0.4, 0.5) is 0 Å². The van der Waals surface area contributed by atoms with Crippen molar-refractivity contribution in [3.63, 3.8) is 0 Å². The normalized spacial score (nSPS) is 17.4. The van der Waals surface area contributed by atoms with E-state index >= 15 is 0 Å². The molecule has 4 aliphatic carbocycles. The number of hydrogen-bond donors (Lipinski definition) is 9. The van der Waals surface area contributed by atoms with Crippen molar-refractivity contribution < 1.29 is 84.3 Å². The lowest BCUT2D eigenvalue weighted by atomic mass is 9.92. The molecular formula is C108H88O17S4. The first-order valence-electron chi connectivity index (χ1n) is 42.3. The molecule has 20 rings (SSSR count). The summed E-state index contributed by atoms with van der Waals surface area (Å²) in [4.78, 5) is 102. The summed E-state index contributed by atoms with van der Waals surface area (Å²) < 4.78 is 3.36. The van der Waals surface area contributed by atoms with Gasteiger partial charge in [-0.05, 0) is 268 Å². The molecule has 129 heavy (non-hydrogen) atoms. The monoisotopic (exact) mass is 1780 g/mol. The number of aromatic hydroxyl groups is 5. The summed E-state index contributed by atoms with van der Waals surface area (Å²) in [7, 11) is 0. The number of ketones is 4. The smallest absolute Gasteiger partial charge is 0.307 e. The minimum Gasteiger partial charge on any atom is -0.508 e. The standard InChI is InChI=1S/C28H24O4S.C27H22O5S.C27H22O4S.C26H20O4S/c1-14-10-15(2)24(16(3)11-14)26(30)27-25(20-9-8-19(29)12-23(20)33-27)18-6-4-17(5-7-18)21-13-22(21)28(31)32;1-13-9-18(29)10-14(2)23(13)25(30)26-24(19-8-7-17(28)11-22(19)33-26)16-5-3-15(4-6-16)20-12-21(20)27(31)32;1-14-3-9-19(15(2)11-14)25(29)26-24(20-10-8-18(28)12-23(20)32-26)17-6-4-16(5-7-17)21-13-22(21)27(30)31;1-14-4-2-3-5-18(14)24(28)25-23(19-11-10-17(27)12-22(19)31-25)16-8-6-15(7-9-16)20-13-21(20)26(29)30/h4-12,21-22,29H,13H2,1-3H3,(H,31,32);3-11,20-21,28-29H,12H2,1-2H3,(H,31,32);3-12,21-22,28H,13H2,1-2H3,(H,30,31);2-12,20-21,27H,13H2,1H3,(H,29,30). The average Bonchev–Trinajstić information content (AvgIpc) is 1.62. The van der Waals surface area contributed by atoms with Crippen LogP contribution >= 0.6 is 45.3 Å². The van der Waals surface area contributed by atoms with Crippen molar-refractivity contribution in [2.75, 3.05) is 0 Å². The number of phenols is 5. The van der Waals surface area contributed by atoms with Crippen LogP contribution in [0.3, 0.4) is 0 Å². The minimum absolute atomic E-state index is 0.0158. The molecule has 4 fully saturated rings. The number of aryl methyl sites for hydroxylation is 8. The van der Waals surface area contributed by atoms with Crippen LogP contribution in [0, 0.1) is 79.1 Å². The number of carboxylic acid groups (broad SMARTS) is 4. The zero-order chi connectivity index (χ0) is 91.1. The van der Waals surface area contributed by atoms with Gasteiger partial charge in [-0.15, -0.1) is 45.3 Å². The maximum atomic E-state index is 13.8. The number of phenolic OH excluding ortho intramolecular Hbond substituents is 5. The van der Waals surface area contributed by atoms with Crippen molar-refractivity contribution >= 4 is 133 Å². The predicted octanol–water partition coefficient (Wildman–Crippen LogP) is 24.9. The molecule has 0 amide bonds. The Bertz CT molecular complexity index is 7040. The molecule has 4 heterocycles. The van der Waals surface area contributed by atoms with Gasteiger partial charge in [-0.1, -0.05) is 163 Å². The fraction of sp³-hybridized carbons (Fsp3) is 0.185. The van der Waals surface area contributed by atoms with Gasteiger partial charge in [-0.25, -0.2) is 0 Å². The van der Waals surface area contributed by atoms with E-state index in [-0.39, 0.29) is 99.2 Å².